The van der Waals surface area contributed by atoms with Gasteiger partial charge in [-0.15, -0.1) is 0 Å². The van der Waals surface area contributed by atoms with Crippen LogP contribution in [0, 0.1) is 12.7 Å². The summed E-state index contributed by atoms with van der Waals surface area (Å²) in [5.41, 5.74) is 1.65. The van der Waals surface area contributed by atoms with Gasteiger partial charge in [-0.3, -0.25) is 4.31 Å². The maximum atomic E-state index is 13.8. The smallest absolute Gasteiger partial charge is 0.264 e. The van der Waals surface area contributed by atoms with E-state index in [2.05, 4.69) is 10.2 Å². The van der Waals surface area contributed by atoms with E-state index >= 15 is 0 Å². The first-order valence-corrected chi connectivity index (χ1v) is 10.9. The highest BCUT2D eigenvalue weighted by Crippen LogP contribution is 2.45. The van der Waals surface area contributed by atoms with Crippen LogP contribution in [0.25, 0.3) is 0 Å². The first-order chi connectivity index (χ1) is 13.4. The zero-order valence-corrected chi connectivity index (χ0v) is 17.0. The maximum Gasteiger partial charge on any atom is 0.264 e. The summed E-state index contributed by atoms with van der Waals surface area (Å²) in [5.74, 6) is -0.0968. The molecule has 2 aromatic carbocycles. The van der Waals surface area contributed by atoms with Gasteiger partial charge in [-0.1, -0.05) is 17.7 Å². The highest BCUT2D eigenvalue weighted by molar-refractivity contribution is 7.92. The fourth-order valence-electron chi connectivity index (χ4n) is 3.61. The number of hydrogen-bond acceptors (Lipinski definition) is 5. The third-order valence-electron chi connectivity index (χ3n) is 5.00. The predicted molar refractivity (Wildman–Crippen MR) is 108 cm³/mol. The van der Waals surface area contributed by atoms with E-state index in [9.17, 15) is 12.8 Å². The number of fused-ring (bicyclic) bond motifs is 1. The molecule has 0 amide bonds. The lowest BCUT2D eigenvalue weighted by Crippen LogP contribution is -2.44. The molecule has 150 valence electrons. The van der Waals surface area contributed by atoms with Gasteiger partial charge in [0, 0.05) is 31.2 Å². The molecule has 0 unspecified atom stereocenters. The van der Waals surface area contributed by atoms with Gasteiger partial charge in [-0.25, -0.2) is 12.8 Å². The van der Waals surface area contributed by atoms with E-state index in [0.717, 1.165) is 37.9 Å². The summed E-state index contributed by atoms with van der Waals surface area (Å²) in [7, 11) is -3.97. The summed E-state index contributed by atoms with van der Waals surface area (Å²) in [6, 6.07) is 7.17. The van der Waals surface area contributed by atoms with Gasteiger partial charge in [0.1, 0.15) is 12.4 Å². The lowest BCUT2D eigenvalue weighted by Gasteiger charge is -2.36. The molecule has 0 aliphatic carbocycles. The summed E-state index contributed by atoms with van der Waals surface area (Å²) in [6.07, 6.45) is 0. The zero-order chi connectivity index (χ0) is 19.9. The minimum Gasteiger partial charge on any atom is -0.487 e. The van der Waals surface area contributed by atoms with Crippen LogP contribution in [0.15, 0.2) is 35.2 Å². The number of aryl methyl sites for hydroxylation is 1. The summed E-state index contributed by atoms with van der Waals surface area (Å²) < 4.78 is 47.6. The molecule has 0 spiro atoms. The van der Waals surface area contributed by atoms with Gasteiger partial charge >= 0.3 is 0 Å². The number of anilines is 2. The number of benzene rings is 2. The van der Waals surface area contributed by atoms with Crippen molar-refractivity contribution in [3.05, 3.63) is 46.7 Å². The molecule has 0 atom stereocenters. The molecule has 1 N–H and O–H groups in total. The Labute approximate surface area is 168 Å². The lowest BCUT2D eigenvalue weighted by molar-refractivity contribution is 0.315. The van der Waals surface area contributed by atoms with E-state index in [1.165, 1.54) is 16.4 Å². The third kappa shape index (κ3) is 3.40. The van der Waals surface area contributed by atoms with Crippen LogP contribution in [-0.2, 0) is 10.0 Å². The van der Waals surface area contributed by atoms with Gasteiger partial charge in [0.15, 0.2) is 5.75 Å². The van der Waals surface area contributed by atoms with Crippen LogP contribution in [0.4, 0.5) is 15.8 Å². The van der Waals surface area contributed by atoms with Gasteiger partial charge in [-0.05, 0) is 36.8 Å². The predicted octanol–water partition coefficient (Wildman–Crippen LogP) is 2.78. The van der Waals surface area contributed by atoms with Crippen LogP contribution < -0.4 is 19.3 Å². The third-order valence-corrected chi connectivity index (χ3v) is 7.17. The number of nitrogens with one attached hydrogen (secondary N) is 1. The molecule has 9 heteroatoms. The van der Waals surface area contributed by atoms with Crippen LogP contribution in [0.2, 0.25) is 5.02 Å². The second kappa shape index (κ2) is 7.42. The van der Waals surface area contributed by atoms with Crippen LogP contribution in [0.1, 0.15) is 5.56 Å². The fourth-order valence-corrected chi connectivity index (χ4v) is 5.50. The highest BCUT2D eigenvalue weighted by atomic mass is 35.5. The number of nitrogens with zero attached hydrogens (tertiary/aromatic N) is 2. The summed E-state index contributed by atoms with van der Waals surface area (Å²) >= 11 is 6.34. The van der Waals surface area contributed by atoms with Crippen LogP contribution in [0.5, 0.6) is 5.75 Å². The van der Waals surface area contributed by atoms with E-state index in [-0.39, 0.29) is 18.0 Å². The minimum absolute atomic E-state index is 0.0518. The minimum atomic E-state index is -3.97. The van der Waals surface area contributed by atoms with Crippen molar-refractivity contribution in [2.24, 2.45) is 0 Å². The number of piperazine rings is 1. The van der Waals surface area contributed by atoms with E-state index in [1.54, 1.807) is 19.1 Å². The monoisotopic (exact) mass is 425 g/mol. The van der Waals surface area contributed by atoms with Crippen molar-refractivity contribution in [2.45, 2.75) is 11.8 Å². The number of halogens is 2. The lowest BCUT2D eigenvalue weighted by atomic mass is 10.2. The molecule has 4 rings (SSSR count). The van der Waals surface area contributed by atoms with Gasteiger partial charge in [-0.2, -0.15) is 0 Å². The Hall–Kier alpha value is -2.03. The van der Waals surface area contributed by atoms with Crippen molar-refractivity contribution in [1.82, 2.24) is 5.32 Å². The van der Waals surface area contributed by atoms with Crippen molar-refractivity contribution in [2.75, 3.05) is 48.5 Å². The van der Waals surface area contributed by atoms with E-state index in [4.69, 9.17) is 16.3 Å². The van der Waals surface area contributed by atoms with Crippen molar-refractivity contribution < 1.29 is 17.5 Å². The van der Waals surface area contributed by atoms with E-state index < -0.39 is 15.8 Å². The Bertz CT molecular complexity index is 1010. The topological polar surface area (TPSA) is 61.9 Å². The molecule has 0 bridgehead atoms. The summed E-state index contributed by atoms with van der Waals surface area (Å²) in [5, 5.41) is 3.71. The largest absolute Gasteiger partial charge is 0.487 e. The Morgan fingerprint density at radius 3 is 2.57 bits per heavy atom. The molecule has 2 aliphatic rings. The molecule has 1 fully saturated rings. The summed E-state index contributed by atoms with van der Waals surface area (Å²) in [4.78, 5) is 2.08. The maximum absolute atomic E-state index is 13.8. The second-order valence-corrected chi connectivity index (χ2v) is 9.11. The average molecular weight is 426 g/mol. The number of hydrogen-bond donors (Lipinski definition) is 1. The SMILES string of the molecule is Cc1ccc(F)cc1S(=O)(=O)N1CCOc2c(N3CCNCC3)cc(Cl)cc21. The van der Waals surface area contributed by atoms with Crippen molar-refractivity contribution in [3.63, 3.8) is 0 Å². The van der Waals surface area contributed by atoms with Crippen molar-refractivity contribution in [3.8, 4) is 5.75 Å². The van der Waals surface area contributed by atoms with Crippen molar-refractivity contribution >= 4 is 33.0 Å². The molecule has 2 aliphatic heterocycles. The van der Waals surface area contributed by atoms with Gasteiger partial charge in [0.2, 0.25) is 0 Å². The van der Waals surface area contributed by atoms with Crippen molar-refractivity contribution in [1.29, 1.82) is 0 Å². The fraction of sp³-hybridized carbons (Fsp3) is 0.368. The van der Waals surface area contributed by atoms with E-state index in [1.807, 2.05) is 0 Å². The highest BCUT2D eigenvalue weighted by Gasteiger charge is 2.34. The average Bonchev–Trinajstić information content (AvgIpc) is 2.69. The molecule has 28 heavy (non-hydrogen) atoms. The van der Waals surface area contributed by atoms with Crippen LogP contribution >= 0.6 is 11.6 Å². The first-order valence-electron chi connectivity index (χ1n) is 9.09. The molecular formula is C19H21ClFN3O3S. The van der Waals surface area contributed by atoms with Crippen LogP contribution in [0.3, 0.4) is 0 Å². The Balaban J connectivity index is 1.83. The molecule has 2 heterocycles. The molecule has 0 aromatic heterocycles. The quantitative estimate of drug-likeness (QED) is 0.819. The molecule has 2 aromatic rings. The summed E-state index contributed by atoms with van der Waals surface area (Å²) in [6.45, 7) is 5.18. The molecule has 6 nitrogen and oxygen atoms in total. The molecular weight excluding hydrogens is 405 g/mol. The van der Waals surface area contributed by atoms with Gasteiger partial charge in [0.25, 0.3) is 10.0 Å². The Kier molecular flexibility index (Phi) is 5.11. The number of sulfonamides is 1. The zero-order valence-electron chi connectivity index (χ0n) is 15.4. The van der Waals surface area contributed by atoms with Crippen LogP contribution in [-0.4, -0.2) is 47.7 Å². The normalized spacial score (nSPS) is 17.2. The first kappa shape index (κ1) is 19.3. The molecule has 0 saturated carbocycles. The van der Waals surface area contributed by atoms with Gasteiger partial charge in [0.05, 0.1) is 22.8 Å². The van der Waals surface area contributed by atoms with E-state index in [0.29, 0.717) is 22.0 Å². The standard InChI is InChI=1S/C19H21ClFN3O3S/c1-13-2-3-15(21)12-18(13)28(25,26)24-8-9-27-19-16(10-14(20)11-17(19)24)23-6-4-22-5-7-23/h2-3,10-12,22H,4-9H2,1H3. The number of rotatable bonds is 3. The van der Waals surface area contributed by atoms with Gasteiger partial charge < -0.3 is 15.0 Å². The second-order valence-electron chi connectivity index (χ2n) is 6.85. The number of ether oxygens (including phenoxy) is 1. The molecule has 1 saturated heterocycles. The Morgan fingerprint density at radius 1 is 1.11 bits per heavy atom. The molecule has 0 radical (unpaired) electrons. The Morgan fingerprint density at radius 2 is 1.82 bits per heavy atom.